The number of ether oxygens (including phenoxy) is 2. The van der Waals surface area contributed by atoms with Crippen LogP contribution in [0.2, 0.25) is 0 Å². The van der Waals surface area contributed by atoms with E-state index in [1.165, 1.54) is 5.56 Å². The number of carbonyl (C=O) groups is 2. The minimum Gasteiger partial charge on any atom is -0.482 e. The van der Waals surface area contributed by atoms with E-state index in [-0.39, 0.29) is 25.2 Å². The third-order valence-corrected chi connectivity index (χ3v) is 4.13. The van der Waals surface area contributed by atoms with Crippen molar-refractivity contribution in [2.24, 2.45) is 0 Å². The number of hydrogen-bond donors (Lipinski definition) is 1. The second kappa shape index (κ2) is 10.6. The molecule has 0 heterocycles. The lowest BCUT2D eigenvalue weighted by Crippen LogP contribution is -2.36. The number of nitrogens with one attached hydrogen (secondary N) is 1. The number of rotatable bonds is 9. The van der Waals surface area contributed by atoms with Gasteiger partial charge in [0, 0.05) is 10.5 Å². The van der Waals surface area contributed by atoms with Crippen LogP contribution in [0, 0.1) is 0 Å². The summed E-state index contributed by atoms with van der Waals surface area (Å²) in [5, 5.41) is 2.82. The van der Waals surface area contributed by atoms with E-state index < -0.39 is 5.97 Å². The molecule has 1 atom stereocenters. The summed E-state index contributed by atoms with van der Waals surface area (Å²) in [5.74, 6) is -0.353. The zero-order valence-corrected chi connectivity index (χ0v) is 16.2. The Morgan fingerprint density at radius 3 is 2.58 bits per heavy atom. The van der Waals surface area contributed by atoms with Gasteiger partial charge in [-0.1, -0.05) is 52.3 Å². The van der Waals surface area contributed by atoms with Crippen molar-refractivity contribution >= 4 is 27.8 Å². The van der Waals surface area contributed by atoms with Gasteiger partial charge in [0.1, 0.15) is 5.75 Å². The highest BCUT2D eigenvalue weighted by atomic mass is 79.9. The summed E-state index contributed by atoms with van der Waals surface area (Å²) in [7, 11) is 0. The Balaban J connectivity index is 1.62. The van der Waals surface area contributed by atoms with Gasteiger partial charge < -0.3 is 14.8 Å². The van der Waals surface area contributed by atoms with Crippen molar-refractivity contribution in [2.45, 2.75) is 25.8 Å². The lowest BCUT2D eigenvalue weighted by atomic mass is 10.1. The number of hydrogen-bond acceptors (Lipinski definition) is 4. The Morgan fingerprint density at radius 2 is 1.85 bits per heavy atom. The average Bonchev–Trinajstić information content (AvgIpc) is 2.64. The second-order valence-corrected chi connectivity index (χ2v) is 6.82. The van der Waals surface area contributed by atoms with Crippen molar-refractivity contribution in [3.8, 4) is 5.75 Å². The first kappa shape index (κ1) is 20.0. The van der Waals surface area contributed by atoms with Gasteiger partial charge in [-0.05, 0) is 43.5 Å². The Morgan fingerprint density at radius 1 is 1.08 bits per heavy atom. The third kappa shape index (κ3) is 7.70. The topological polar surface area (TPSA) is 64.6 Å². The zero-order chi connectivity index (χ0) is 18.8. The number of halogens is 1. The van der Waals surface area contributed by atoms with Crippen LogP contribution in [0.25, 0.3) is 0 Å². The van der Waals surface area contributed by atoms with E-state index in [1.807, 2.05) is 31.2 Å². The van der Waals surface area contributed by atoms with E-state index in [0.29, 0.717) is 5.75 Å². The van der Waals surface area contributed by atoms with Gasteiger partial charge in [-0.3, -0.25) is 4.79 Å². The predicted molar refractivity (Wildman–Crippen MR) is 103 cm³/mol. The molecule has 2 rings (SSSR count). The van der Waals surface area contributed by atoms with Gasteiger partial charge in [-0.2, -0.15) is 0 Å². The lowest BCUT2D eigenvalue weighted by molar-refractivity contribution is -0.150. The van der Waals surface area contributed by atoms with Crippen molar-refractivity contribution in [3.05, 3.63) is 64.6 Å². The average molecular weight is 420 g/mol. The van der Waals surface area contributed by atoms with E-state index >= 15 is 0 Å². The Labute approximate surface area is 161 Å². The minimum absolute atomic E-state index is 0.000623. The monoisotopic (exact) mass is 419 g/mol. The Bertz CT molecular complexity index is 721. The van der Waals surface area contributed by atoms with Crippen LogP contribution in [0.4, 0.5) is 0 Å². The largest absolute Gasteiger partial charge is 0.482 e. The molecule has 0 saturated carbocycles. The van der Waals surface area contributed by atoms with Gasteiger partial charge in [0.25, 0.3) is 5.91 Å². The zero-order valence-electron chi connectivity index (χ0n) is 14.6. The van der Waals surface area contributed by atoms with E-state index in [9.17, 15) is 9.59 Å². The van der Waals surface area contributed by atoms with Crippen LogP contribution in [0.1, 0.15) is 18.9 Å². The number of esters is 1. The Kier molecular flexibility index (Phi) is 8.15. The SMILES string of the molecule is C[C@H](CCc1ccccc1)NC(=O)COC(=O)COc1cccc(Br)c1. The first-order valence-corrected chi connectivity index (χ1v) is 9.19. The first-order valence-electron chi connectivity index (χ1n) is 8.40. The molecule has 0 fully saturated rings. The number of aryl methyl sites for hydroxylation is 1. The van der Waals surface area contributed by atoms with Crippen LogP contribution in [-0.4, -0.2) is 31.1 Å². The van der Waals surface area contributed by atoms with Crippen LogP contribution in [0.15, 0.2) is 59.1 Å². The molecular formula is C20H22BrNO4. The third-order valence-electron chi connectivity index (χ3n) is 3.63. The molecule has 2 aromatic carbocycles. The normalized spacial score (nSPS) is 11.5. The fraction of sp³-hybridized carbons (Fsp3) is 0.300. The molecule has 1 amide bonds. The van der Waals surface area contributed by atoms with Crippen LogP contribution in [0.3, 0.4) is 0 Å². The lowest BCUT2D eigenvalue weighted by Gasteiger charge is -2.14. The summed E-state index contributed by atoms with van der Waals surface area (Å²) in [6.45, 7) is 1.38. The van der Waals surface area contributed by atoms with Gasteiger partial charge >= 0.3 is 5.97 Å². The molecule has 0 aliphatic carbocycles. The molecule has 0 spiro atoms. The fourth-order valence-corrected chi connectivity index (χ4v) is 2.68. The van der Waals surface area contributed by atoms with E-state index in [1.54, 1.807) is 18.2 Å². The standard InChI is InChI=1S/C20H22BrNO4/c1-15(10-11-16-6-3-2-4-7-16)22-19(23)13-26-20(24)14-25-18-9-5-8-17(21)12-18/h2-9,12,15H,10-11,13-14H2,1H3,(H,22,23)/t15-/m1/s1. The summed E-state index contributed by atoms with van der Waals surface area (Å²) in [4.78, 5) is 23.5. The van der Waals surface area contributed by atoms with Crippen molar-refractivity contribution in [1.29, 1.82) is 0 Å². The molecule has 26 heavy (non-hydrogen) atoms. The highest BCUT2D eigenvalue weighted by Gasteiger charge is 2.11. The molecule has 138 valence electrons. The summed E-state index contributed by atoms with van der Waals surface area (Å²) >= 11 is 3.32. The molecule has 0 unspecified atom stereocenters. The van der Waals surface area contributed by atoms with E-state index in [0.717, 1.165) is 17.3 Å². The smallest absolute Gasteiger partial charge is 0.344 e. The van der Waals surface area contributed by atoms with Crippen LogP contribution < -0.4 is 10.1 Å². The Hall–Kier alpha value is -2.34. The predicted octanol–water partition coefficient (Wildman–Crippen LogP) is 3.51. The van der Waals surface area contributed by atoms with Crippen molar-refractivity contribution in [3.63, 3.8) is 0 Å². The van der Waals surface area contributed by atoms with Crippen LogP contribution >= 0.6 is 15.9 Å². The van der Waals surface area contributed by atoms with Gasteiger partial charge in [-0.25, -0.2) is 4.79 Å². The first-order chi connectivity index (χ1) is 12.5. The molecule has 6 heteroatoms. The molecule has 0 radical (unpaired) electrons. The summed E-state index contributed by atoms with van der Waals surface area (Å²) < 4.78 is 11.1. The minimum atomic E-state index is -0.586. The van der Waals surface area contributed by atoms with E-state index in [4.69, 9.17) is 9.47 Å². The van der Waals surface area contributed by atoms with Crippen molar-refractivity contribution in [2.75, 3.05) is 13.2 Å². The van der Waals surface area contributed by atoms with Gasteiger partial charge in [-0.15, -0.1) is 0 Å². The van der Waals surface area contributed by atoms with Gasteiger partial charge in [0.05, 0.1) is 0 Å². The summed E-state index contributed by atoms with van der Waals surface area (Å²) in [5.41, 5.74) is 1.23. The number of amides is 1. The maximum Gasteiger partial charge on any atom is 0.344 e. The van der Waals surface area contributed by atoms with Gasteiger partial charge in [0.2, 0.25) is 0 Å². The number of carbonyl (C=O) groups excluding carboxylic acids is 2. The van der Waals surface area contributed by atoms with E-state index in [2.05, 4.69) is 33.4 Å². The van der Waals surface area contributed by atoms with Crippen molar-refractivity contribution < 1.29 is 19.1 Å². The molecule has 1 N–H and O–H groups in total. The molecule has 5 nitrogen and oxygen atoms in total. The molecule has 0 aromatic heterocycles. The number of benzene rings is 2. The van der Waals surface area contributed by atoms with Crippen LogP contribution in [0.5, 0.6) is 5.75 Å². The maximum atomic E-state index is 11.9. The van der Waals surface area contributed by atoms with Crippen molar-refractivity contribution in [1.82, 2.24) is 5.32 Å². The molecule has 0 aliphatic rings. The summed E-state index contributed by atoms with van der Waals surface area (Å²) in [6, 6.07) is 17.2. The molecule has 2 aromatic rings. The van der Waals surface area contributed by atoms with Crippen LogP contribution in [-0.2, 0) is 20.7 Å². The molecule has 0 saturated heterocycles. The second-order valence-electron chi connectivity index (χ2n) is 5.90. The maximum absolute atomic E-state index is 11.9. The highest BCUT2D eigenvalue weighted by Crippen LogP contribution is 2.17. The fourth-order valence-electron chi connectivity index (χ4n) is 2.30. The molecular weight excluding hydrogens is 398 g/mol. The highest BCUT2D eigenvalue weighted by molar-refractivity contribution is 9.10. The summed E-state index contributed by atoms with van der Waals surface area (Å²) in [6.07, 6.45) is 1.69. The molecule has 0 aliphatic heterocycles. The van der Waals surface area contributed by atoms with Gasteiger partial charge in [0.15, 0.2) is 13.2 Å². The quantitative estimate of drug-likeness (QED) is 0.631. The molecule has 0 bridgehead atoms.